The third kappa shape index (κ3) is 5.01. The molecule has 0 spiro atoms. The number of nitrogens with zero attached hydrogens (tertiary/aromatic N) is 1. The minimum Gasteiger partial charge on any atom is -0.436 e. The van der Waals surface area contributed by atoms with Crippen LogP contribution in [0.5, 0.6) is 0 Å². The molecular formula is C23H27N3O2S. The first-order valence-electron chi connectivity index (χ1n) is 9.80. The number of anilines is 1. The molecule has 29 heavy (non-hydrogen) atoms. The standard InChI is InChI=1S/C23H27N3O2S/c1-6-14(2)16-9-12-19-18(13-16)25-20(28-19)15-7-10-17(11-8-15)24-22(29)26-21(27)23(3,4)5/h7-14H,6H2,1-5H3,(H2,24,26,27,29)/t14-/m1/s1. The van der Waals surface area contributed by atoms with Gasteiger partial charge in [0.05, 0.1) is 0 Å². The van der Waals surface area contributed by atoms with Gasteiger partial charge in [-0.15, -0.1) is 0 Å². The number of hydrogen-bond donors (Lipinski definition) is 2. The van der Waals surface area contributed by atoms with E-state index in [0.29, 0.717) is 11.8 Å². The highest BCUT2D eigenvalue weighted by atomic mass is 32.1. The number of thiocarbonyl (C=S) groups is 1. The molecule has 0 aliphatic rings. The summed E-state index contributed by atoms with van der Waals surface area (Å²) in [5, 5.41) is 6.00. The van der Waals surface area contributed by atoms with Crippen molar-refractivity contribution < 1.29 is 9.21 Å². The zero-order valence-corrected chi connectivity index (χ0v) is 18.3. The van der Waals surface area contributed by atoms with Crippen LogP contribution in [-0.4, -0.2) is 16.0 Å². The maximum absolute atomic E-state index is 12.0. The lowest BCUT2D eigenvalue weighted by atomic mass is 9.96. The van der Waals surface area contributed by atoms with Crippen LogP contribution in [0.15, 0.2) is 46.9 Å². The van der Waals surface area contributed by atoms with Crippen molar-refractivity contribution >= 4 is 40.0 Å². The lowest BCUT2D eigenvalue weighted by molar-refractivity contribution is -0.126. The van der Waals surface area contributed by atoms with E-state index < -0.39 is 5.41 Å². The van der Waals surface area contributed by atoms with Crippen molar-refractivity contribution in [3.05, 3.63) is 48.0 Å². The zero-order valence-electron chi connectivity index (χ0n) is 17.5. The molecule has 1 amide bonds. The van der Waals surface area contributed by atoms with Crippen molar-refractivity contribution in [1.29, 1.82) is 0 Å². The van der Waals surface area contributed by atoms with Crippen LogP contribution >= 0.6 is 12.2 Å². The van der Waals surface area contributed by atoms with E-state index in [1.165, 1.54) is 5.56 Å². The van der Waals surface area contributed by atoms with E-state index in [1.54, 1.807) is 0 Å². The van der Waals surface area contributed by atoms with Crippen LogP contribution in [-0.2, 0) is 4.79 Å². The summed E-state index contributed by atoms with van der Waals surface area (Å²) in [6.45, 7) is 9.91. The Morgan fingerprint density at radius 1 is 1.17 bits per heavy atom. The normalized spacial score (nSPS) is 12.6. The molecule has 0 aliphatic carbocycles. The van der Waals surface area contributed by atoms with E-state index in [9.17, 15) is 4.79 Å². The number of carbonyl (C=O) groups excluding carboxylic acids is 1. The SMILES string of the molecule is CC[C@@H](C)c1ccc2oc(-c3ccc(NC(=S)NC(=O)C(C)(C)C)cc3)nc2c1. The van der Waals surface area contributed by atoms with Gasteiger partial charge in [0.1, 0.15) is 5.52 Å². The average Bonchev–Trinajstić information content (AvgIpc) is 3.10. The topological polar surface area (TPSA) is 67.2 Å². The van der Waals surface area contributed by atoms with Crippen LogP contribution in [0.2, 0.25) is 0 Å². The van der Waals surface area contributed by atoms with E-state index in [2.05, 4.69) is 41.6 Å². The van der Waals surface area contributed by atoms with Gasteiger partial charge in [0, 0.05) is 16.7 Å². The quantitative estimate of drug-likeness (QED) is 0.528. The van der Waals surface area contributed by atoms with Crippen molar-refractivity contribution in [2.45, 2.75) is 47.0 Å². The Kier molecular flexibility index (Phi) is 6.03. The number of hydrogen-bond acceptors (Lipinski definition) is 4. The predicted octanol–water partition coefficient (Wildman–Crippen LogP) is 5.87. The van der Waals surface area contributed by atoms with Gasteiger partial charge in [0.25, 0.3) is 0 Å². The summed E-state index contributed by atoms with van der Waals surface area (Å²) in [4.78, 5) is 16.7. The minimum atomic E-state index is -0.503. The van der Waals surface area contributed by atoms with Crippen molar-refractivity contribution in [2.24, 2.45) is 5.41 Å². The van der Waals surface area contributed by atoms with E-state index in [0.717, 1.165) is 28.8 Å². The molecule has 0 saturated carbocycles. The highest BCUT2D eigenvalue weighted by Crippen LogP contribution is 2.28. The second-order valence-corrected chi connectivity index (χ2v) is 8.70. The molecule has 0 saturated heterocycles. The minimum absolute atomic E-state index is 0.130. The second-order valence-electron chi connectivity index (χ2n) is 8.29. The molecule has 1 atom stereocenters. The lowest BCUT2D eigenvalue weighted by Crippen LogP contribution is -2.41. The summed E-state index contributed by atoms with van der Waals surface area (Å²) in [5.74, 6) is 0.943. The monoisotopic (exact) mass is 409 g/mol. The van der Waals surface area contributed by atoms with Gasteiger partial charge < -0.3 is 15.1 Å². The molecular weight excluding hydrogens is 382 g/mol. The van der Waals surface area contributed by atoms with Gasteiger partial charge in [0.2, 0.25) is 11.8 Å². The summed E-state index contributed by atoms with van der Waals surface area (Å²) < 4.78 is 5.92. The number of fused-ring (bicyclic) bond motifs is 1. The van der Waals surface area contributed by atoms with Gasteiger partial charge in [-0.3, -0.25) is 4.79 Å². The van der Waals surface area contributed by atoms with Crippen LogP contribution in [0.25, 0.3) is 22.6 Å². The summed E-state index contributed by atoms with van der Waals surface area (Å²) in [6.07, 6.45) is 1.09. The molecule has 0 unspecified atom stereocenters. The lowest BCUT2D eigenvalue weighted by Gasteiger charge is -2.18. The molecule has 3 rings (SSSR count). The summed E-state index contributed by atoms with van der Waals surface area (Å²) in [6, 6.07) is 13.8. The average molecular weight is 410 g/mol. The summed E-state index contributed by atoms with van der Waals surface area (Å²) in [7, 11) is 0. The Labute approximate surface area is 176 Å². The third-order valence-corrected chi connectivity index (χ3v) is 5.10. The largest absolute Gasteiger partial charge is 0.436 e. The van der Waals surface area contributed by atoms with Crippen molar-refractivity contribution in [2.75, 3.05) is 5.32 Å². The predicted molar refractivity (Wildman–Crippen MR) is 122 cm³/mol. The smallest absolute Gasteiger partial charge is 0.231 e. The Bertz CT molecular complexity index is 1030. The molecule has 0 fully saturated rings. The van der Waals surface area contributed by atoms with Crippen LogP contribution < -0.4 is 10.6 Å². The number of rotatable bonds is 4. The number of benzene rings is 2. The fraction of sp³-hybridized carbons (Fsp3) is 0.348. The Hall–Kier alpha value is -2.73. The summed E-state index contributed by atoms with van der Waals surface area (Å²) in [5.41, 5.74) is 4.07. The van der Waals surface area contributed by atoms with Crippen LogP contribution in [0.3, 0.4) is 0 Å². The highest BCUT2D eigenvalue weighted by Gasteiger charge is 2.22. The van der Waals surface area contributed by atoms with Crippen LogP contribution in [0.1, 0.15) is 52.5 Å². The van der Waals surface area contributed by atoms with Gasteiger partial charge in [-0.25, -0.2) is 4.98 Å². The fourth-order valence-corrected chi connectivity index (χ4v) is 2.97. The molecule has 2 N–H and O–H groups in total. The highest BCUT2D eigenvalue weighted by molar-refractivity contribution is 7.80. The van der Waals surface area contributed by atoms with Crippen molar-refractivity contribution in [1.82, 2.24) is 10.3 Å². The Morgan fingerprint density at radius 3 is 2.48 bits per heavy atom. The third-order valence-electron chi connectivity index (χ3n) is 4.89. The molecule has 0 aliphatic heterocycles. The molecule has 6 heteroatoms. The second kappa shape index (κ2) is 8.33. The van der Waals surface area contributed by atoms with E-state index >= 15 is 0 Å². The molecule has 0 radical (unpaired) electrons. The number of carbonyl (C=O) groups is 1. The molecule has 2 aromatic carbocycles. The fourth-order valence-electron chi connectivity index (χ4n) is 2.76. The number of amides is 1. The van der Waals surface area contributed by atoms with E-state index in [4.69, 9.17) is 16.6 Å². The number of nitrogens with one attached hydrogen (secondary N) is 2. The van der Waals surface area contributed by atoms with Gasteiger partial charge in [0.15, 0.2) is 10.7 Å². The maximum atomic E-state index is 12.0. The Morgan fingerprint density at radius 2 is 1.86 bits per heavy atom. The maximum Gasteiger partial charge on any atom is 0.231 e. The van der Waals surface area contributed by atoms with Crippen molar-refractivity contribution in [3.8, 4) is 11.5 Å². The van der Waals surface area contributed by atoms with E-state index in [-0.39, 0.29) is 11.0 Å². The first kappa shape index (κ1) is 21.0. The van der Waals surface area contributed by atoms with Gasteiger partial charge in [-0.2, -0.15) is 0 Å². The van der Waals surface area contributed by atoms with Gasteiger partial charge >= 0.3 is 0 Å². The van der Waals surface area contributed by atoms with Gasteiger partial charge in [-0.05, 0) is 66.5 Å². The van der Waals surface area contributed by atoms with Crippen LogP contribution in [0, 0.1) is 5.41 Å². The molecule has 1 aromatic heterocycles. The molecule has 1 heterocycles. The number of oxazole rings is 1. The molecule has 152 valence electrons. The van der Waals surface area contributed by atoms with Crippen LogP contribution in [0.4, 0.5) is 5.69 Å². The summed E-state index contributed by atoms with van der Waals surface area (Å²) >= 11 is 5.22. The number of aromatic nitrogens is 1. The Balaban J connectivity index is 1.73. The first-order valence-corrected chi connectivity index (χ1v) is 10.2. The molecule has 3 aromatic rings. The zero-order chi connectivity index (χ0) is 21.2. The van der Waals surface area contributed by atoms with E-state index in [1.807, 2.05) is 51.1 Å². The molecule has 5 nitrogen and oxygen atoms in total. The molecule has 0 bridgehead atoms. The first-order chi connectivity index (χ1) is 13.7. The van der Waals surface area contributed by atoms with Crippen molar-refractivity contribution in [3.63, 3.8) is 0 Å². The van der Waals surface area contributed by atoms with Gasteiger partial charge in [-0.1, -0.05) is 40.7 Å².